The summed E-state index contributed by atoms with van der Waals surface area (Å²) < 4.78 is 5.61. The zero-order valence-corrected chi connectivity index (χ0v) is 15.6. The summed E-state index contributed by atoms with van der Waals surface area (Å²) in [7, 11) is 0. The summed E-state index contributed by atoms with van der Waals surface area (Å²) >= 11 is 0. The zero-order valence-electron chi connectivity index (χ0n) is 15.6. The van der Waals surface area contributed by atoms with Crippen LogP contribution in [0.15, 0.2) is 30.3 Å². The Kier molecular flexibility index (Phi) is 6.85. The van der Waals surface area contributed by atoms with Crippen LogP contribution in [0.1, 0.15) is 40.0 Å². The van der Waals surface area contributed by atoms with Crippen LogP contribution in [0.5, 0.6) is 5.75 Å². The highest BCUT2D eigenvalue weighted by Gasteiger charge is 2.32. The summed E-state index contributed by atoms with van der Waals surface area (Å²) in [5.74, 6) is 1.13. The lowest BCUT2D eigenvalue weighted by Gasteiger charge is -2.35. The molecule has 1 heterocycles. The van der Waals surface area contributed by atoms with E-state index in [1.54, 1.807) is 0 Å². The van der Waals surface area contributed by atoms with Gasteiger partial charge >= 0.3 is 0 Å². The van der Waals surface area contributed by atoms with Crippen molar-refractivity contribution in [1.82, 2.24) is 10.2 Å². The molecular formula is C20H30N2O3. The van der Waals surface area contributed by atoms with Gasteiger partial charge in [0.1, 0.15) is 5.75 Å². The number of hydrogen-bond acceptors (Lipinski definition) is 3. The molecular weight excluding hydrogens is 316 g/mol. The molecule has 0 saturated carbocycles. The molecule has 5 heteroatoms. The third-order valence-electron chi connectivity index (χ3n) is 4.43. The van der Waals surface area contributed by atoms with Gasteiger partial charge in [0.25, 0.3) is 0 Å². The van der Waals surface area contributed by atoms with E-state index in [9.17, 15) is 9.59 Å². The van der Waals surface area contributed by atoms with Crippen molar-refractivity contribution in [2.24, 2.45) is 11.3 Å². The lowest BCUT2D eigenvalue weighted by Crippen LogP contribution is -2.46. The monoisotopic (exact) mass is 346 g/mol. The Balaban J connectivity index is 1.61. The van der Waals surface area contributed by atoms with Crippen LogP contribution in [0.4, 0.5) is 0 Å². The van der Waals surface area contributed by atoms with E-state index in [1.165, 1.54) is 0 Å². The Labute approximate surface area is 150 Å². The molecule has 1 aromatic carbocycles. The zero-order chi connectivity index (χ0) is 18.3. The molecule has 1 aliphatic heterocycles. The quantitative estimate of drug-likeness (QED) is 0.806. The number of nitrogens with one attached hydrogen (secondary N) is 1. The summed E-state index contributed by atoms with van der Waals surface area (Å²) in [5.41, 5.74) is -0.353. The summed E-state index contributed by atoms with van der Waals surface area (Å²) in [6.07, 6.45) is 2.27. The number of nitrogens with zero attached hydrogens (tertiary/aromatic N) is 1. The molecule has 1 N–H and O–H groups in total. The van der Waals surface area contributed by atoms with Gasteiger partial charge in [-0.25, -0.2) is 0 Å². The maximum atomic E-state index is 12.3. The second-order valence-corrected chi connectivity index (χ2v) is 7.62. The van der Waals surface area contributed by atoms with Crippen molar-refractivity contribution in [3.05, 3.63) is 30.3 Å². The molecule has 0 unspecified atom stereocenters. The molecule has 1 aromatic rings. The van der Waals surface area contributed by atoms with Crippen molar-refractivity contribution < 1.29 is 14.3 Å². The number of hydrogen-bond donors (Lipinski definition) is 1. The van der Waals surface area contributed by atoms with Gasteiger partial charge in [-0.2, -0.15) is 0 Å². The van der Waals surface area contributed by atoms with Crippen molar-refractivity contribution in [3.8, 4) is 5.75 Å². The molecule has 0 spiro atoms. The number of para-hydroxylation sites is 1. The number of benzene rings is 1. The van der Waals surface area contributed by atoms with Gasteiger partial charge in [-0.05, 0) is 31.4 Å². The van der Waals surface area contributed by atoms with Crippen molar-refractivity contribution in [3.63, 3.8) is 0 Å². The Morgan fingerprint density at radius 3 is 2.40 bits per heavy atom. The average Bonchev–Trinajstić information content (AvgIpc) is 2.61. The minimum Gasteiger partial charge on any atom is -0.494 e. The van der Waals surface area contributed by atoms with E-state index in [1.807, 2.05) is 56.0 Å². The van der Waals surface area contributed by atoms with Crippen LogP contribution in [0.2, 0.25) is 0 Å². The molecule has 2 amide bonds. The molecule has 138 valence electrons. The number of ether oxygens (including phenoxy) is 1. The van der Waals surface area contributed by atoms with Crippen molar-refractivity contribution in [2.75, 3.05) is 26.2 Å². The summed E-state index contributed by atoms with van der Waals surface area (Å²) in [6.45, 7) is 8.36. The van der Waals surface area contributed by atoms with Gasteiger partial charge < -0.3 is 15.0 Å². The van der Waals surface area contributed by atoms with Crippen LogP contribution in [0.25, 0.3) is 0 Å². The topological polar surface area (TPSA) is 58.6 Å². The minimum absolute atomic E-state index is 0.0130. The van der Waals surface area contributed by atoms with E-state index in [0.717, 1.165) is 25.0 Å². The van der Waals surface area contributed by atoms with Crippen LogP contribution < -0.4 is 10.1 Å². The molecule has 0 aromatic heterocycles. The highest BCUT2D eigenvalue weighted by atomic mass is 16.5. The first-order valence-electron chi connectivity index (χ1n) is 9.13. The van der Waals surface area contributed by atoms with E-state index >= 15 is 0 Å². The van der Waals surface area contributed by atoms with Gasteiger partial charge in [-0.1, -0.05) is 39.0 Å². The van der Waals surface area contributed by atoms with Crippen LogP contribution in [0, 0.1) is 11.3 Å². The highest BCUT2D eigenvalue weighted by Crippen LogP contribution is 2.23. The van der Waals surface area contributed by atoms with Crippen molar-refractivity contribution >= 4 is 11.8 Å². The van der Waals surface area contributed by atoms with E-state index in [2.05, 4.69) is 5.32 Å². The van der Waals surface area contributed by atoms with Crippen molar-refractivity contribution in [1.29, 1.82) is 0 Å². The molecule has 1 fully saturated rings. The fraction of sp³-hybridized carbons (Fsp3) is 0.600. The Morgan fingerprint density at radius 1 is 1.16 bits per heavy atom. The summed E-state index contributed by atoms with van der Waals surface area (Å²) in [6, 6.07) is 9.67. The van der Waals surface area contributed by atoms with E-state index in [0.29, 0.717) is 26.2 Å². The Bertz CT molecular complexity index is 558. The van der Waals surface area contributed by atoms with E-state index in [-0.39, 0.29) is 23.1 Å². The Morgan fingerprint density at radius 2 is 1.80 bits per heavy atom. The van der Waals surface area contributed by atoms with Crippen molar-refractivity contribution in [2.45, 2.75) is 40.0 Å². The van der Waals surface area contributed by atoms with Gasteiger partial charge in [0.05, 0.1) is 6.61 Å². The van der Waals surface area contributed by atoms with Crippen LogP contribution in [-0.4, -0.2) is 43.0 Å². The first-order chi connectivity index (χ1) is 11.9. The third kappa shape index (κ3) is 6.07. The van der Waals surface area contributed by atoms with Gasteiger partial charge in [0.2, 0.25) is 11.8 Å². The smallest absolute Gasteiger partial charge is 0.227 e. The van der Waals surface area contributed by atoms with Crippen LogP contribution >= 0.6 is 0 Å². The van der Waals surface area contributed by atoms with Crippen LogP contribution in [0.3, 0.4) is 0 Å². The second kappa shape index (κ2) is 8.88. The van der Waals surface area contributed by atoms with E-state index < -0.39 is 0 Å². The molecule has 5 nitrogen and oxygen atoms in total. The maximum Gasteiger partial charge on any atom is 0.227 e. The average molecular weight is 346 g/mol. The molecule has 0 radical (unpaired) electrons. The molecule has 2 rings (SSSR count). The number of amides is 2. The minimum atomic E-state index is -0.353. The lowest BCUT2D eigenvalue weighted by atomic mass is 9.90. The molecule has 0 aliphatic carbocycles. The predicted octanol–water partition coefficient (Wildman–Crippen LogP) is 2.86. The number of likely N-dealkylation sites (tertiary alicyclic amines) is 1. The third-order valence-corrected chi connectivity index (χ3v) is 4.43. The predicted molar refractivity (Wildman–Crippen MR) is 98.3 cm³/mol. The van der Waals surface area contributed by atoms with Crippen LogP contribution in [-0.2, 0) is 9.59 Å². The highest BCUT2D eigenvalue weighted by molar-refractivity contribution is 5.82. The van der Waals surface area contributed by atoms with Gasteiger partial charge in [-0.15, -0.1) is 0 Å². The molecule has 0 atom stereocenters. The fourth-order valence-electron chi connectivity index (χ4n) is 2.95. The molecule has 1 saturated heterocycles. The molecule has 0 bridgehead atoms. The molecule has 1 aliphatic rings. The number of carbonyl (C=O) groups is 2. The second-order valence-electron chi connectivity index (χ2n) is 7.62. The van der Waals surface area contributed by atoms with E-state index in [4.69, 9.17) is 4.74 Å². The first-order valence-corrected chi connectivity index (χ1v) is 9.13. The summed E-state index contributed by atoms with van der Waals surface area (Å²) in [5, 5.41) is 2.99. The number of piperidine rings is 1. The summed E-state index contributed by atoms with van der Waals surface area (Å²) in [4.78, 5) is 26.4. The normalized spacial score (nSPS) is 15.7. The molecule has 25 heavy (non-hydrogen) atoms. The number of carbonyl (C=O) groups excluding carboxylic acids is 2. The SMILES string of the molecule is CC(C)(C)C(=O)N1CCC(C(=O)NCCCOc2ccccc2)CC1. The Hall–Kier alpha value is -2.04. The number of rotatable bonds is 6. The first kappa shape index (κ1) is 19.3. The largest absolute Gasteiger partial charge is 0.494 e. The standard InChI is InChI=1S/C20H30N2O3/c1-20(2,3)19(24)22-13-10-16(11-14-22)18(23)21-12-7-15-25-17-8-5-4-6-9-17/h4-6,8-9,16H,7,10-15H2,1-3H3,(H,21,23). The van der Waals surface area contributed by atoms with Gasteiger partial charge in [0.15, 0.2) is 0 Å². The van der Waals surface area contributed by atoms with Gasteiger partial charge in [0, 0.05) is 31.0 Å². The van der Waals surface area contributed by atoms with Gasteiger partial charge in [-0.3, -0.25) is 9.59 Å². The maximum absolute atomic E-state index is 12.3. The lowest BCUT2D eigenvalue weighted by molar-refractivity contribution is -0.142. The fourth-order valence-corrected chi connectivity index (χ4v) is 2.95.